The Kier molecular flexibility index (Phi) is 15.6. The van der Waals surface area contributed by atoms with Gasteiger partial charge in [0.15, 0.2) is 0 Å². The molecule has 6 aromatic rings. The largest absolute Gasteiger partial charge is 0.191 e. The third kappa shape index (κ3) is 10.8. The van der Waals surface area contributed by atoms with E-state index in [4.69, 9.17) is 16.9 Å². The van der Waals surface area contributed by atoms with E-state index in [1.807, 2.05) is 0 Å². The van der Waals surface area contributed by atoms with Gasteiger partial charge in [0, 0.05) is 21.1 Å². The van der Waals surface area contributed by atoms with Crippen molar-refractivity contribution < 1.29 is 21.1 Å². The zero-order chi connectivity index (χ0) is 30.1. The standard InChI is InChI=1S/2C18H15P.C3H2ClN.Pt/c2*1-4-10-16(11-5-1)19(17-12-6-2-7-13-17)18-14-8-3-9-15-18;1-3(4)2-5;/h2*1-15H;1H2;. The molecule has 0 unspecified atom stereocenters. The van der Waals surface area contributed by atoms with Crippen LogP contribution in [0.5, 0.6) is 0 Å². The number of hydrogen-bond acceptors (Lipinski definition) is 1. The number of halogens is 1. The molecule has 0 radical (unpaired) electrons. The van der Waals surface area contributed by atoms with Crippen LogP contribution >= 0.6 is 27.4 Å². The zero-order valence-electron chi connectivity index (χ0n) is 24.1. The van der Waals surface area contributed by atoms with Crippen molar-refractivity contribution in [1.82, 2.24) is 0 Å². The first kappa shape index (κ1) is 34.9. The van der Waals surface area contributed by atoms with E-state index in [1.54, 1.807) is 6.07 Å². The monoisotopic (exact) mass is 806 g/mol. The summed E-state index contributed by atoms with van der Waals surface area (Å²) in [5.41, 5.74) is 0. The van der Waals surface area contributed by atoms with Crippen LogP contribution in [0.4, 0.5) is 0 Å². The fourth-order valence-corrected chi connectivity index (χ4v) is 8.97. The average molecular weight is 807 g/mol. The maximum absolute atomic E-state index is 7.66. The molecule has 0 spiro atoms. The third-order valence-corrected chi connectivity index (χ3v) is 11.2. The van der Waals surface area contributed by atoms with E-state index < -0.39 is 15.8 Å². The summed E-state index contributed by atoms with van der Waals surface area (Å²) in [4.78, 5) is 0. The van der Waals surface area contributed by atoms with Crippen LogP contribution in [0.2, 0.25) is 0 Å². The second-order valence-corrected chi connectivity index (χ2v) is 14.1. The average Bonchev–Trinajstić information content (AvgIpc) is 3.09. The molecule has 5 heteroatoms. The molecule has 0 saturated heterocycles. The van der Waals surface area contributed by atoms with Crippen LogP contribution in [0.15, 0.2) is 194 Å². The van der Waals surface area contributed by atoms with E-state index in [0.717, 1.165) is 0 Å². The first-order valence-corrected chi connectivity index (χ1v) is 16.9. The van der Waals surface area contributed by atoms with Gasteiger partial charge >= 0.3 is 0 Å². The maximum atomic E-state index is 7.66. The van der Waals surface area contributed by atoms with Gasteiger partial charge < -0.3 is 0 Å². The fraction of sp³-hybridized carbons (Fsp3) is 0. The van der Waals surface area contributed by atoms with Crippen LogP contribution in [-0.2, 0) is 21.1 Å². The van der Waals surface area contributed by atoms with Crippen LogP contribution in [0.1, 0.15) is 0 Å². The first-order chi connectivity index (χ1) is 21.2. The van der Waals surface area contributed by atoms with E-state index >= 15 is 0 Å². The van der Waals surface area contributed by atoms with Crippen molar-refractivity contribution in [1.29, 1.82) is 5.26 Å². The minimum Gasteiger partial charge on any atom is -0.191 e. The number of hydrogen-bond donors (Lipinski definition) is 0. The van der Waals surface area contributed by atoms with Gasteiger partial charge in [-0.15, -0.1) is 0 Å². The maximum Gasteiger partial charge on any atom is 0.111 e. The smallest absolute Gasteiger partial charge is 0.111 e. The van der Waals surface area contributed by atoms with Gasteiger partial charge in [-0.2, -0.15) is 5.26 Å². The Balaban J connectivity index is 0.000000205. The Labute approximate surface area is 283 Å². The minimum atomic E-state index is -0.446. The molecule has 1 nitrogen and oxygen atoms in total. The molecule has 6 aromatic carbocycles. The first-order valence-electron chi connectivity index (χ1n) is 13.8. The summed E-state index contributed by atoms with van der Waals surface area (Å²) in [6.45, 7) is 3.08. The molecule has 0 bridgehead atoms. The van der Waals surface area contributed by atoms with Crippen LogP contribution < -0.4 is 31.8 Å². The molecular formula is C39H32ClNP2Pt. The molecule has 0 saturated carbocycles. The molecule has 0 atom stereocenters. The molecule has 220 valence electrons. The van der Waals surface area contributed by atoms with Crippen molar-refractivity contribution in [3.8, 4) is 6.07 Å². The summed E-state index contributed by atoms with van der Waals surface area (Å²) in [6, 6.07) is 66.3. The molecule has 0 N–H and O–H groups in total. The van der Waals surface area contributed by atoms with Crippen molar-refractivity contribution in [2.24, 2.45) is 0 Å². The van der Waals surface area contributed by atoms with E-state index in [-0.39, 0.29) is 26.1 Å². The van der Waals surface area contributed by atoms with Gasteiger partial charge in [-0.1, -0.05) is 200 Å². The van der Waals surface area contributed by atoms with Gasteiger partial charge in [0.25, 0.3) is 0 Å². The van der Waals surface area contributed by atoms with Crippen molar-refractivity contribution in [2.45, 2.75) is 0 Å². The van der Waals surface area contributed by atoms with E-state index in [9.17, 15) is 0 Å². The summed E-state index contributed by atoms with van der Waals surface area (Å²) in [5.74, 6) is 0. The topological polar surface area (TPSA) is 23.8 Å². The zero-order valence-corrected chi connectivity index (χ0v) is 28.9. The molecule has 0 aliphatic heterocycles. The van der Waals surface area contributed by atoms with Gasteiger partial charge in [0.2, 0.25) is 0 Å². The number of nitriles is 1. The minimum absolute atomic E-state index is 0. The Morgan fingerprint density at radius 1 is 0.409 bits per heavy atom. The van der Waals surface area contributed by atoms with Crippen LogP contribution in [0.3, 0.4) is 0 Å². The van der Waals surface area contributed by atoms with Gasteiger partial charge in [-0.3, -0.25) is 0 Å². The van der Waals surface area contributed by atoms with E-state index in [2.05, 4.69) is 189 Å². The molecule has 0 amide bonds. The summed E-state index contributed by atoms with van der Waals surface area (Å²) in [5, 5.41) is 16.1. The Morgan fingerprint density at radius 2 is 0.545 bits per heavy atom. The Morgan fingerprint density at radius 3 is 0.659 bits per heavy atom. The van der Waals surface area contributed by atoms with Gasteiger partial charge in [-0.05, 0) is 47.7 Å². The summed E-state index contributed by atoms with van der Waals surface area (Å²) < 4.78 is 0. The normalized spacial score (nSPS) is 9.77. The molecule has 0 heterocycles. The molecule has 0 aliphatic carbocycles. The van der Waals surface area contributed by atoms with Crippen molar-refractivity contribution >= 4 is 59.3 Å². The van der Waals surface area contributed by atoms with Gasteiger partial charge in [-0.25, -0.2) is 0 Å². The third-order valence-electron chi connectivity index (χ3n) is 6.21. The van der Waals surface area contributed by atoms with Gasteiger partial charge in [0.1, 0.15) is 11.1 Å². The van der Waals surface area contributed by atoms with Crippen LogP contribution in [0.25, 0.3) is 0 Å². The Bertz CT molecular complexity index is 1370. The quantitative estimate of drug-likeness (QED) is 0.123. The van der Waals surface area contributed by atoms with Crippen LogP contribution in [0, 0.1) is 11.3 Å². The SMILES string of the molecule is C=C(Cl)C#N.[Pt].c1ccc(P(c2ccccc2)c2ccccc2)cc1.c1ccc(P(c2ccccc2)c2ccccc2)cc1. The predicted octanol–water partition coefficient (Wildman–Crippen LogP) is 8.15. The molecule has 44 heavy (non-hydrogen) atoms. The molecule has 0 aromatic heterocycles. The van der Waals surface area contributed by atoms with Crippen LogP contribution in [-0.4, -0.2) is 0 Å². The second kappa shape index (κ2) is 19.6. The van der Waals surface area contributed by atoms with Crippen molar-refractivity contribution in [3.63, 3.8) is 0 Å². The second-order valence-electron chi connectivity index (χ2n) is 9.20. The number of benzene rings is 6. The Hall–Kier alpha value is -3.61. The number of rotatable bonds is 6. The fourth-order valence-electron chi connectivity index (χ4n) is 4.36. The van der Waals surface area contributed by atoms with E-state index in [1.165, 1.54) is 31.8 Å². The van der Waals surface area contributed by atoms with Crippen molar-refractivity contribution in [3.05, 3.63) is 194 Å². The number of allylic oxidation sites excluding steroid dienone is 1. The molecular weight excluding hydrogens is 775 g/mol. The van der Waals surface area contributed by atoms with Crippen molar-refractivity contribution in [2.75, 3.05) is 0 Å². The summed E-state index contributed by atoms with van der Waals surface area (Å²) >= 11 is 4.91. The predicted molar refractivity (Wildman–Crippen MR) is 191 cm³/mol. The summed E-state index contributed by atoms with van der Waals surface area (Å²) in [6.07, 6.45) is 0. The molecule has 0 aliphatic rings. The molecule has 0 fully saturated rings. The summed E-state index contributed by atoms with van der Waals surface area (Å²) in [7, 11) is -0.892. The number of nitrogens with zero attached hydrogens (tertiary/aromatic N) is 1. The van der Waals surface area contributed by atoms with E-state index in [0.29, 0.717) is 0 Å². The van der Waals surface area contributed by atoms with Gasteiger partial charge in [0.05, 0.1) is 0 Å². The molecule has 6 rings (SSSR count).